The number of anilines is 2. The first-order valence-corrected chi connectivity index (χ1v) is 6.79. The minimum absolute atomic E-state index is 0.415. The lowest BCUT2D eigenvalue weighted by Crippen LogP contribution is -2.35. The van der Waals surface area contributed by atoms with Crippen molar-refractivity contribution in [1.82, 2.24) is 9.97 Å². The van der Waals surface area contributed by atoms with Crippen LogP contribution < -0.4 is 21.3 Å². The van der Waals surface area contributed by atoms with Gasteiger partial charge in [0.05, 0.1) is 7.11 Å². The van der Waals surface area contributed by atoms with E-state index in [4.69, 9.17) is 10.6 Å². The van der Waals surface area contributed by atoms with Gasteiger partial charge in [-0.3, -0.25) is 0 Å². The maximum absolute atomic E-state index is 5.43. The average molecular weight is 265 g/mol. The van der Waals surface area contributed by atoms with E-state index in [1.165, 1.54) is 19.2 Å². The summed E-state index contributed by atoms with van der Waals surface area (Å²) in [4.78, 5) is 8.31. The summed E-state index contributed by atoms with van der Waals surface area (Å²) in [6, 6.07) is 0.415. The van der Waals surface area contributed by atoms with Gasteiger partial charge in [-0.2, -0.15) is 0 Å². The smallest absolute Gasteiger partial charge is 0.205 e. The van der Waals surface area contributed by atoms with Crippen LogP contribution in [0, 0.1) is 11.8 Å². The molecule has 106 valence electrons. The lowest BCUT2D eigenvalue weighted by atomic mass is 9.78. The van der Waals surface area contributed by atoms with E-state index in [0.717, 1.165) is 12.3 Å². The van der Waals surface area contributed by atoms with E-state index in [-0.39, 0.29) is 0 Å². The summed E-state index contributed by atoms with van der Waals surface area (Å²) < 4.78 is 5.34. The lowest BCUT2D eigenvalue weighted by molar-refractivity contribution is 0.252. The highest BCUT2D eigenvalue weighted by molar-refractivity contribution is 5.63. The van der Waals surface area contributed by atoms with Gasteiger partial charge in [0.1, 0.15) is 6.33 Å². The molecule has 6 heteroatoms. The minimum Gasteiger partial charge on any atom is -0.490 e. The molecule has 1 aromatic rings. The van der Waals surface area contributed by atoms with Crippen LogP contribution in [0.5, 0.6) is 5.75 Å². The number of nitrogens with zero attached hydrogens (tertiary/aromatic N) is 2. The van der Waals surface area contributed by atoms with Crippen molar-refractivity contribution in [2.45, 2.75) is 39.2 Å². The Bertz CT molecular complexity index is 425. The minimum atomic E-state index is 0.415. The zero-order chi connectivity index (χ0) is 13.8. The van der Waals surface area contributed by atoms with Gasteiger partial charge in [0.15, 0.2) is 11.6 Å². The molecule has 0 aromatic carbocycles. The van der Waals surface area contributed by atoms with E-state index < -0.39 is 0 Å². The van der Waals surface area contributed by atoms with Crippen molar-refractivity contribution in [2.75, 3.05) is 17.9 Å². The van der Waals surface area contributed by atoms with Gasteiger partial charge in [0, 0.05) is 6.04 Å². The van der Waals surface area contributed by atoms with Gasteiger partial charge in [0.25, 0.3) is 0 Å². The third kappa shape index (κ3) is 2.89. The zero-order valence-corrected chi connectivity index (χ0v) is 11.8. The molecule has 1 aliphatic carbocycles. The predicted octanol–water partition coefficient (Wildman–Crippen LogP) is 2.01. The second-order valence-electron chi connectivity index (χ2n) is 5.27. The largest absolute Gasteiger partial charge is 0.490 e. The van der Waals surface area contributed by atoms with Gasteiger partial charge in [-0.25, -0.2) is 15.8 Å². The second-order valence-corrected chi connectivity index (χ2v) is 5.27. The highest BCUT2D eigenvalue weighted by Gasteiger charge is 2.28. The van der Waals surface area contributed by atoms with Crippen LogP contribution in [0.25, 0.3) is 0 Å². The zero-order valence-electron chi connectivity index (χ0n) is 11.8. The molecule has 3 atom stereocenters. The normalized spacial score (nSPS) is 26.8. The first-order valence-electron chi connectivity index (χ1n) is 6.79. The summed E-state index contributed by atoms with van der Waals surface area (Å²) in [5, 5.41) is 3.48. The molecule has 0 aliphatic heterocycles. The number of hydrogen-bond donors (Lipinski definition) is 3. The second kappa shape index (κ2) is 6.06. The van der Waals surface area contributed by atoms with Gasteiger partial charge in [-0.05, 0) is 18.3 Å². The fraction of sp³-hybridized carbons (Fsp3) is 0.692. The van der Waals surface area contributed by atoms with Crippen LogP contribution in [0.1, 0.15) is 33.1 Å². The van der Waals surface area contributed by atoms with Crippen molar-refractivity contribution in [2.24, 2.45) is 17.7 Å². The molecular weight excluding hydrogens is 242 g/mol. The van der Waals surface area contributed by atoms with Crippen molar-refractivity contribution in [3.05, 3.63) is 6.33 Å². The van der Waals surface area contributed by atoms with Crippen molar-refractivity contribution >= 4 is 11.6 Å². The Labute approximate surface area is 114 Å². The summed E-state index contributed by atoms with van der Waals surface area (Å²) in [6.07, 6.45) is 5.19. The Morgan fingerprint density at radius 3 is 2.68 bits per heavy atom. The van der Waals surface area contributed by atoms with Gasteiger partial charge in [0.2, 0.25) is 5.75 Å². The lowest BCUT2D eigenvalue weighted by Gasteiger charge is -2.35. The molecule has 0 bridgehead atoms. The molecule has 0 spiro atoms. The quantitative estimate of drug-likeness (QED) is 0.570. The van der Waals surface area contributed by atoms with E-state index in [9.17, 15) is 0 Å². The highest BCUT2D eigenvalue weighted by Crippen LogP contribution is 2.34. The number of hydrogen-bond acceptors (Lipinski definition) is 6. The summed E-state index contributed by atoms with van der Waals surface area (Å²) in [5.74, 6) is 8.54. The van der Waals surface area contributed by atoms with Crippen LogP contribution in [-0.2, 0) is 0 Å². The van der Waals surface area contributed by atoms with Crippen molar-refractivity contribution in [3.63, 3.8) is 0 Å². The number of nitrogen functional groups attached to an aromatic ring is 1. The number of nitrogens with one attached hydrogen (secondary N) is 2. The summed E-state index contributed by atoms with van der Waals surface area (Å²) in [6.45, 7) is 4.60. The maximum atomic E-state index is 5.43. The third-order valence-corrected chi connectivity index (χ3v) is 4.17. The monoisotopic (exact) mass is 265 g/mol. The molecule has 1 aliphatic rings. The topological polar surface area (TPSA) is 85.1 Å². The van der Waals surface area contributed by atoms with Gasteiger partial charge < -0.3 is 15.5 Å². The number of hydrazine groups is 1. The molecule has 3 unspecified atom stereocenters. The van der Waals surface area contributed by atoms with Crippen LogP contribution >= 0.6 is 0 Å². The summed E-state index contributed by atoms with van der Waals surface area (Å²) >= 11 is 0. The van der Waals surface area contributed by atoms with E-state index in [1.54, 1.807) is 7.11 Å². The summed E-state index contributed by atoms with van der Waals surface area (Å²) in [7, 11) is 1.59. The van der Waals surface area contributed by atoms with Crippen LogP contribution in [-0.4, -0.2) is 23.1 Å². The molecule has 0 radical (unpaired) electrons. The van der Waals surface area contributed by atoms with E-state index in [0.29, 0.717) is 29.3 Å². The fourth-order valence-corrected chi connectivity index (χ4v) is 2.73. The number of ether oxygens (including phenoxy) is 1. The van der Waals surface area contributed by atoms with Crippen molar-refractivity contribution < 1.29 is 4.74 Å². The van der Waals surface area contributed by atoms with Crippen LogP contribution in [0.4, 0.5) is 11.6 Å². The molecule has 2 rings (SSSR count). The molecule has 1 heterocycles. The van der Waals surface area contributed by atoms with Crippen molar-refractivity contribution in [1.29, 1.82) is 0 Å². The Morgan fingerprint density at radius 2 is 2.00 bits per heavy atom. The van der Waals surface area contributed by atoms with Crippen LogP contribution in [0.2, 0.25) is 0 Å². The van der Waals surface area contributed by atoms with Gasteiger partial charge >= 0.3 is 0 Å². The number of aromatic nitrogens is 2. The molecule has 1 fully saturated rings. The maximum Gasteiger partial charge on any atom is 0.205 e. The Balaban J connectivity index is 2.18. The molecular formula is C13H23N5O. The number of methoxy groups -OCH3 is 1. The predicted molar refractivity (Wildman–Crippen MR) is 76.0 cm³/mol. The standard InChI is InChI=1S/C13H23N5O/c1-8-5-4-6-10(9(8)2)17-12-11(19-3)13(18-14)16-7-15-12/h7-10H,4-6,14H2,1-3H3,(H2,15,16,17,18). The van der Waals surface area contributed by atoms with Crippen LogP contribution in [0.3, 0.4) is 0 Å². The molecule has 19 heavy (non-hydrogen) atoms. The van der Waals surface area contributed by atoms with Gasteiger partial charge in [-0.1, -0.05) is 26.7 Å². The SMILES string of the molecule is COc1c(NN)ncnc1NC1CCCC(C)C1C. The molecule has 1 saturated carbocycles. The Morgan fingerprint density at radius 1 is 1.26 bits per heavy atom. The first-order chi connectivity index (χ1) is 9.17. The number of rotatable bonds is 4. The van der Waals surface area contributed by atoms with Gasteiger partial charge in [-0.15, -0.1) is 0 Å². The Kier molecular flexibility index (Phi) is 4.42. The van der Waals surface area contributed by atoms with E-state index in [1.807, 2.05) is 0 Å². The highest BCUT2D eigenvalue weighted by atomic mass is 16.5. The van der Waals surface area contributed by atoms with E-state index >= 15 is 0 Å². The molecule has 1 aromatic heterocycles. The summed E-state index contributed by atoms with van der Waals surface area (Å²) in [5.41, 5.74) is 2.53. The molecule has 6 nitrogen and oxygen atoms in total. The number of nitrogens with two attached hydrogens (primary N) is 1. The fourth-order valence-electron chi connectivity index (χ4n) is 2.73. The third-order valence-electron chi connectivity index (χ3n) is 4.17. The van der Waals surface area contributed by atoms with Crippen molar-refractivity contribution in [3.8, 4) is 5.75 Å². The molecule has 0 saturated heterocycles. The van der Waals surface area contributed by atoms with Crippen LogP contribution in [0.15, 0.2) is 6.33 Å². The Hall–Kier alpha value is -1.56. The molecule has 4 N–H and O–H groups in total. The molecule has 0 amide bonds. The van der Waals surface area contributed by atoms with E-state index in [2.05, 4.69) is 34.6 Å². The first kappa shape index (κ1) is 13.9. The average Bonchev–Trinajstić information content (AvgIpc) is 2.43.